The van der Waals surface area contributed by atoms with Gasteiger partial charge in [0.05, 0.1) is 5.41 Å². The van der Waals surface area contributed by atoms with Gasteiger partial charge in [-0.05, 0) is 36.7 Å². The monoisotopic (exact) mass is 253 g/mol. The fourth-order valence-electron chi connectivity index (χ4n) is 4.23. The predicted octanol–water partition coefficient (Wildman–Crippen LogP) is 2.65. The summed E-state index contributed by atoms with van der Waals surface area (Å²) in [6.07, 6.45) is 7.77. The number of allylic oxidation sites excluding steroid dienone is 1. The third-order valence-electron chi connectivity index (χ3n) is 5.22. The summed E-state index contributed by atoms with van der Waals surface area (Å²) in [4.78, 5) is 14.8. The third kappa shape index (κ3) is 1.59. The molecule has 0 aromatic heterocycles. The van der Waals surface area contributed by atoms with Crippen LogP contribution < -0.4 is 0 Å². The number of benzene rings is 1. The zero-order valence-electron chi connectivity index (χ0n) is 11.1. The van der Waals surface area contributed by atoms with Crippen LogP contribution in [0.25, 0.3) is 0 Å². The van der Waals surface area contributed by atoms with Crippen molar-refractivity contribution < 1.29 is 4.79 Å². The van der Waals surface area contributed by atoms with E-state index in [2.05, 4.69) is 41.3 Å². The van der Waals surface area contributed by atoms with Crippen molar-refractivity contribution in [2.24, 2.45) is 17.3 Å². The normalized spacial score (nSPS) is 35.2. The molecule has 2 nitrogen and oxygen atoms in total. The second-order valence-corrected chi connectivity index (χ2v) is 6.28. The molecule has 2 aliphatic carbocycles. The van der Waals surface area contributed by atoms with Gasteiger partial charge in [0.25, 0.3) is 0 Å². The zero-order valence-corrected chi connectivity index (χ0v) is 11.1. The highest BCUT2D eigenvalue weighted by Crippen LogP contribution is 2.57. The van der Waals surface area contributed by atoms with Crippen LogP contribution in [0.15, 0.2) is 42.5 Å². The Balaban J connectivity index is 1.47. The highest BCUT2D eigenvalue weighted by atomic mass is 16.2. The molecule has 2 heteroatoms. The first-order valence-electron chi connectivity index (χ1n) is 7.30. The molecule has 3 unspecified atom stereocenters. The van der Waals surface area contributed by atoms with Crippen LogP contribution in [-0.2, 0) is 11.2 Å². The van der Waals surface area contributed by atoms with Crippen molar-refractivity contribution in [1.82, 2.24) is 4.90 Å². The molecule has 1 amide bonds. The van der Waals surface area contributed by atoms with E-state index in [4.69, 9.17) is 0 Å². The van der Waals surface area contributed by atoms with E-state index in [1.165, 1.54) is 12.0 Å². The van der Waals surface area contributed by atoms with E-state index in [-0.39, 0.29) is 5.41 Å². The Bertz CT molecular complexity index is 535. The van der Waals surface area contributed by atoms with Gasteiger partial charge >= 0.3 is 0 Å². The van der Waals surface area contributed by atoms with Crippen LogP contribution in [0.1, 0.15) is 18.4 Å². The molecule has 98 valence electrons. The van der Waals surface area contributed by atoms with Crippen molar-refractivity contribution in [3.8, 4) is 0 Å². The number of hydrogen-bond donors (Lipinski definition) is 0. The number of nitrogens with zero attached hydrogens (tertiary/aromatic N) is 1. The lowest BCUT2D eigenvalue weighted by molar-refractivity contribution is -0.134. The van der Waals surface area contributed by atoms with Crippen LogP contribution in [-0.4, -0.2) is 23.9 Å². The highest BCUT2D eigenvalue weighted by molar-refractivity contribution is 5.88. The Morgan fingerprint density at radius 3 is 2.84 bits per heavy atom. The summed E-state index contributed by atoms with van der Waals surface area (Å²) in [5.41, 5.74) is 1.23. The van der Waals surface area contributed by atoms with Crippen molar-refractivity contribution >= 4 is 5.91 Å². The maximum absolute atomic E-state index is 12.7. The summed E-state index contributed by atoms with van der Waals surface area (Å²) < 4.78 is 0. The van der Waals surface area contributed by atoms with Gasteiger partial charge in [0.2, 0.25) is 5.91 Å². The highest BCUT2D eigenvalue weighted by Gasteiger charge is 2.59. The fourth-order valence-corrected chi connectivity index (χ4v) is 4.23. The van der Waals surface area contributed by atoms with Crippen molar-refractivity contribution in [2.75, 3.05) is 13.1 Å². The van der Waals surface area contributed by atoms with Crippen LogP contribution in [0.3, 0.4) is 0 Å². The topological polar surface area (TPSA) is 20.3 Å². The summed E-state index contributed by atoms with van der Waals surface area (Å²) in [6.45, 7) is 1.85. The summed E-state index contributed by atoms with van der Waals surface area (Å²) in [6, 6.07) is 10.5. The SMILES string of the molecule is O=C1N(CCc2ccccc2)CC2CC3C=CC12C3. The minimum Gasteiger partial charge on any atom is -0.341 e. The van der Waals surface area contributed by atoms with Crippen molar-refractivity contribution in [3.05, 3.63) is 48.0 Å². The second kappa shape index (κ2) is 3.96. The lowest BCUT2D eigenvalue weighted by atomic mass is 9.81. The molecule has 2 fully saturated rings. The van der Waals surface area contributed by atoms with Gasteiger partial charge < -0.3 is 4.90 Å². The maximum Gasteiger partial charge on any atom is 0.233 e. The number of hydrogen-bond acceptors (Lipinski definition) is 1. The number of fused-ring (bicyclic) bond motifs is 1. The summed E-state index contributed by atoms with van der Waals surface area (Å²) in [5.74, 6) is 1.67. The molecule has 2 bridgehead atoms. The average Bonchev–Trinajstić information content (AvgIpc) is 3.09. The van der Waals surface area contributed by atoms with Crippen LogP contribution >= 0.6 is 0 Å². The Morgan fingerprint density at radius 2 is 2.11 bits per heavy atom. The molecule has 1 saturated heterocycles. The van der Waals surface area contributed by atoms with Gasteiger partial charge in [-0.25, -0.2) is 0 Å². The molecule has 1 aromatic rings. The van der Waals surface area contributed by atoms with E-state index in [0.717, 1.165) is 25.9 Å². The lowest BCUT2D eigenvalue weighted by Crippen LogP contribution is -2.33. The second-order valence-electron chi connectivity index (χ2n) is 6.28. The van der Waals surface area contributed by atoms with Gasteiger partial charge in [-0.2, -0.15) is 0 Å². The van der Waals surface area contributed by atoms with Crippen molar-refractivity contribution in [2.45, 2.75) is 19.3 Å². The van der Waals surface area contributed by atoms with Gasteiger partial charge in [-0.15, -0.1) is 0 Å². The van der Waals surface area contributed by atoms with Gasteiger partial charge in [-0.3, -0.25) is 4.79 Å². The van der Waals surface area contributed by atoms with Gasteiger partial charge in [0.15, 0.2) is 0 Å². The number of carbonyl (C=O) groups is 1. The number of likely N-dealkylation sites (tertiary alicyclic amines) is 1. The van der Waals surface area contributed by atoms with Crippen LogP contribution in [0.4, 0.5) is 0 Å². The molecule has 0 radical (unpaired) electrons. The first kappa shape index (κ1) is 11.3. The third-order valence-corrected chi connectivity index (χ3v) is 5.22. The molecule has 1 aliphatic heterocycles. The van der Waals surface area contributed by atoms with Gasteiger partial charge in [-0.1, -0.05) is 42.5 Å². The van der Waals surface area contributed by atoms with Crippen LogP contribution in [0, 0.1) is 17.3 Å². The number of amides is 1. The fraction of sp³-hybridized carbons (Fsp3) is 0.471. The predicted molar refractivity (Wildman–Crippen MR) is 74.5 cm³/mol. The molecule has 19 heavy (non-hydrogen) atoms. The Kier molecular flexibility index (Phi) is 2.35. The first-order valence-corrected chi connectivity index (χ1v) is 7.30. The Labute approximate surface area is 114 Å². The minimum atomic E-state index is -0.0959. The smallest absolute Gasteiger partial charge is 0.233 e. The lowest BCUT2D eigenvalue weighted by Gasteiger charge is -2.21. The van der Waals surface area contributed by atoms with Crippen LogP contribution in [0.5, 0.6) is 0 Å². The Hall–Kier alpha value is -1.57. The molecule has 1 heterocycles. The molecule has 1 saturated carbocycles. The van der Waals surface area contributed by atoms with E-state index in [1.54, 1.807) is 0 Å². The molecule has 4 rings (SSSR count). The van der Waals surface area contributed by atoms with E-state index >= 15 is 0 Å². The molecule has 3 atom stereocenters. The minimum absolute atomic E-state index is 0.0959. The van der Waals surface area contributed by atoms with E-state index in [0.29, 0.717) is 17.7 Å². The number of carbonyl (C=O) groups excluding carboxylic acids is 1. The summed E-state index contributed by atoms with van der Waals surface area (Å²) in [5, 5.41) is 0. The molecule has 1 aromatic carbocycles. The van der Waals surface area contributed by atoms with Gasteiger partial charge in [0, 0.05) is 13.1 Å². The molecular formula is C17H19NO. The maximum atomic E-state index is 12.7. The zero-order chi connectivity index (χ0) is 12.9. The van der Waals surface area contributed by atoms with Gasteiger partial charge in [0.1, 0.15) is 0 Å². The quantitative estimate of drug-likeness (QED) is 0.758. The van der Waals surface area contributed by atoms with Crippen LogP contribution in [0.2, 0.25) is 0 Å². The molecular weight excluding hydrogens is 234 g/mol. The first-order chi connectivity index (χ1) is 9.28. The largest absolute Gasteiger partial charge is 0.341 e. The van der Waals surface area contributed by atoms with E-state index in [1.807, 2.05) is 6.07 Å². The molecule has 3 aliphatic rings. The van der Waals surface area contributed by atoms with E-state index in [9.17, 15) is 4.79 Å². The van der Waals surface area contributed by atoms with E-state index < -0.39 is 0 Å². The molecule has 0 N–H and O–H groups in total. The standard InChI is InChI=1S/C17H19NO/c19-16-17-8-6-14(11-17)10-15(17)12-18(16)9-7-13-4-2-1-3-5-13/h1-6,8,14-15H,7,9-12H2. The summed E-state index contributed by atoms with van der Waals surface area (Å²) >= 11 is 0. The summed E-state index contributed by atoms with van der Waals surface area (Å²) in [7, 11) is 0. The van der Waals surface area contributed by atoms with Crippen molar-refractivity contribution in [3.63, 3.8) is 0 Å². The number of rotatable bonds is 3. The van der Waals surface area contributed by atoms with Crippen molar-refractivity contribution in [1.29, 1.82) is 0 Å². The Morgan fingerprint density at radius 1 is 1.26 bits per heavy atom. The average molecular weight is 253 g/mol. The molecule has 1 spiro atoms.